The summed E-state index contributed by atoms with van der Waals surface area (Å²) in [5, 5.41) is 3.07. The number of nitrogens with one attached hydrogen (secondary N) is 1. The third-order valence-corrected chi connectivity index (χ3v) is 5.31. The summed E-state index contributed by atoms with van der Waals surface area (Å²) < 4.78 is 13.2. The summed E-state index contributed by atoms with van der Waals surface area (Å²) in [4.78, 5) is 19.3. The first kappa shape index (κ1) is 19.3. The molecule has 0 radical (unpaired) electrons. The van der Waals surface area contributed by atoms with Crippen LogP contribution in [0.25, 0.3) is 11.1 Å². The smallest absolute Gasteiger partial charge is 0.228 e. The number of piperidine rings is 1. The highest BCUT2D eigenvalue weighted by Gasteiger charge is 2.26. The van der Waals surface area contributed by atoms with Gasteiger partial charge < -0.3 is 5.32 Å². The van der Waals surface area contributed by atoms with Crippen LogP contribution in [0.5, 0.6) is 0 Å². The molecule has 0 aliphatic carbocycles. The van der Waals surface area contributed by atoms with Crippen molar-refractivity contribution >= 4 is 11.6 Å². The van der Waals surface area contributed by atoms with E-state index in [1.54, 1.807) is 18.3 Å². The van der Waals surface area contributed by atoms with Crippen molar-refractivity contribution in [3.63, 3.8) is 0 Å². The van der Waals surface area contributed by atoms with Gasteiger partial charge >= 0.3 is 0 Å². The standard InChI is InChI=1S/C24H24FN3O/c25-22-10-8-19(9-11-22)20-5-1-7-23(14-20)27-24(29)21-6-3-13-28(17-21)16-18-4-2-12-26-15-18/h1-2,4-5,7-12,14-15,21H,3,6,13,16-17H2,(H,27,29)/t21-/m1/s1. The van der Waals surface area contributed by atoms with E-state index < -0.39 is 0 Å². The van der Waals surface area contributed by atoms with Crippen LogP contribution in [0, 0.1) is 11.7 Å². The van der Waals surface area contributed by atoms with Crippen LogP contribution >= 0.6 is 0 Å². The SMILES string of the molecule is O=C(Nc1cccc(-c2ccc(F)cc2)c1)[C@@H]1CCCN(Cc2cccnc2)C1. The molecule has 148 valence electrons. The lowest BCUT2D eigenvalue weighted by Crippen LogP contribution is -2.40. The molecule has 1 fully saturated rings. The maximum atomic E-state index is 13.2. The lowest BCUT2D eigenvalue weighted by Gasteiger charge is -2.32. The number of hydrogen-bond donors (Lipinski definition) is 1. The Bertz CT molecular complexity index is 959. The van der Waals surface area contributed by atoms with Gasteiger partial charge in [-0.15, -0.1) is 0 Å². The van der Waals surface area contributed by atoms with E-state index in [1.165, 1.54) is 17.7 Å². The van der Waals surface area contributed by atoms with Crippen LogP contribution in [-0.2, 0) is 11.3 Å². The second-order valence-corrected chi connectivity index (χ2v) is 7.51. The largest absolute Gasteiger partial charge is 0.326 e. The summed E-state index contributed by atoms with van der Waals surface area (Å²) in [5.41, 5.74) is 3.80. The van der Waals surface area contributed by atoms with Crippen LogP contribution in [0.1, 0.15) is 18.4 Å². The van der Waals surface area contributed by atoms with Crippen LogP contribution in [0.2, 0.25) is 0 Å². The van der Waals surface area contributed by atoms with E-state index in [0.717, 1.165) is 49.3 Å². The summed E-state index contributed by atoms with van der Waals surface area (Å²) in [6.45, 7) is 2.56. The number of likely N-dealkylation sites (tertiary alicyclic amines) is 1. The molecule has 0 unspecified atom stereocenters. The highest BCUT2D eigenvalue weighted by Crippen LogP contribution is 2.25. The molecule has 0 saturated carbocycles. The molecule has 1 aliphatic heterocycles. The van der Waals surface area contributed by atoms with Gasteiger partial charge in [0.15, 0.2) is 0 Å². The second kappa shape index (κ2) is 8.97. The Balaban J connectivity index is 1.40. The van der Waals surface area contributed by atoms with Gasteiger partial charge in [-0.3, -0.25) is 14.7 Å². The monoisotopic (exact) mass is 389 g/mol. The van der Waals surface area contributed by atoms with E-state index in [9.17, 15) is 9.18 Å². The maximum Gasteiger partial charge on any atom is 0.228 e. The van der Waals surface area contributed by atoms with Crippen molar-refractivity contribution in [1.82, 2.24) is 9.88 Å². The number of carbonyl (C=O) groups is 1. The van der Waals surface area contributed by atoms with Crippen molar-refractivity contribution in [2.75, 3.05) is 18.4 Å². The Morgan fingerprint density at radius 2 is 1.97 bits per heavy atom. The number of carbonyl (C=O) groups excluding carboxylic acids is 1. The molecule has 1 aromatic heterocycles. The van der Waals surface area contributed by atoms with Gasteiger partial charge in [0.1, 0.15) is 5.82 Å². The summed E-state index contributed by atoms with van der Waals surface area (Å²) in [5.74, 6) is -0.238. The first-order chi connectivity index (χ1) is 14.2. The number of nitrogens with zero attached hydrogens (tertiary/aromatic N) is 2. The quantitative estimate of drug-likeness (QED) is 0.686. The number of amides is 1. The summed E-state index contributed by atoms with van der Waals surface area (Å²) in [6.07, 6.45) is 5.56. The van der Waals surface area contributed by atoms with Gasteiger partial charge in [-0.2, -0.15) is 0 Å². The molecule has 4 rings (SSSR count). The molecule has 3 aromatic rings. The third-order valence-electron chi connectivity index (χ3n) is 5.31. The predicted molar refractivity (Wildman–Crippen MR) is 113 cm³/mol. The van der Waals surface area contributed by atoms with Crippen LogP contribution in [0.15, 0.2) is 73.1 Å². The van der Waals surface area contributed by atoms with E-state index in [2.05, 4.69) is 21.3 Å². The van der Waals surface area contributed by atoms with Gasteiger partial charge in [0.25, 0.3) is 0 Å². The van der Waals surface area contributed by atoms with Gasteiger partial charge in [-0.25, -0.2) is 4.39 Å². The summed E-state index contributed by atoms with van der Waals surface area (Å²) in [7, 11) is 0. The summed E-state index contributed by atoms with van der Waals surface area (Å²) >= 11 is 0. The molecule has 5 heteroatoms. The van der Waals surface area contributed by atoms with E-state index in [-0.39, 0.29) is 17.6 Å². The highest BCUT2D eigenvalue weighted by molar-refractivity contribution is 5.93. The fourth-order valence-electron chi connectivity index (χ4n) is 3.83. The maximum absolute atomic E-state index is 13.2. The zero-order chi connectivity index (χ0) is 20.1. The fourth-order valence-corrected chi connectivity index (χ4v) is 3.83. The first-order valence-electron chi connectivity index (χ1n) is 9.95. The Labute approximate surface area is 170 Å². The second-order valence-electron chi connectivity index (χ2n) is 7.51. The van der Waals surface area contributed by atoms with Crippen molar-refractivity contribution in [2.24, 2.45) is 5.92 Å². The summed E-state index contributed by atoms with van der Waals surface area (Å²) in [6, 6.07) is 18.1. The molecule has 2 heterocycles. The number of pyridine rings is 1. The van der Waals surface area contributed by atoms with Gasteiger partial charge in [-0.05, 0) is 66.4 Å². The number of hydrogen-bond acceptors (Lipinski definition) is 3. The molecular weight excluding hydrogens is 365 g/mol. The molecule has 1 aliphatic rings. The van der Waals surface area contributed by atoms with Crippen LogP contribution < -0.4 is 5.32 Å². The van der Waals surface area contributed by atoms with Crippen LogP contribution in [0.3, 0.4) is 0 Å². The average Bonchev–Trinajstić information content (AvgIpc) is 2.75. The zero-order valence-corrected chi connectivity index (χ0v) is 16.2. The van der Waals surface area contributed by atoms with E-state index >= 15 is 0 Å². The fraction of sp³-hybridized carbons (Fsp3) is 0.250. The molecule has 1 atom stereocenters. The number of benzene rings is 2. The lowest BCUT2D eigenvalue weighted by molar-refractivity contribution is -0.121. The number of rotatable bonds is 5. The van der Waals surface area contributed by atoms with Crippen LogP contribution in [-0.4, -0.2) is 28.9 Å². The van der Waals surface area contributed by atoms with Crippen molar-refractivity contribution in [3.05, 3.63) is 84.4 Å². The van der Waals surface area contributed by atoms with E-state index in [0.29, 0.717) is 0 Å². The molecule has 4 nitrogen and oxygen atoms in total. The van der Waals surface area contributed by atoms with Gasteiger partial charge in [0.2, 0.25) is 5.91 Å². The van der Waals surface area contributed by atoms with Crippen molar-refractivity contribution < 1.29 is 9.18 Å². The minimum atomic E-state index is -0.258. The molecule has 2 aromatic carbocycles. The average molecular weight is 389 g/mol. The van der Waals surface area contributed by atoms with Crippen molar-refractivity contribution in [2.45, 2.75) is 19.4 Å². The van der Waals surface area contributed by atoms with E-state index in [4.69, 9.17) is 0 Å². The third kappa shape index (κ3) is 5.06. The van der Waals surface area contributed by atoms with Crippen molar-refractivity contribution in [1.29, 1.82) is 0 Å². The number of aromatic nitrogens is 1. The number of anilines is 1. The number of halogens is 1. The van der Waals surface area contributed by atoms with Gasteiger partial charge in [0, 0.05) is 31.2 Å². The van der Waals surface area contributed by atoms with Gasteiger partial charge in [0.05, 0.1) is 5.92 Å². The molecular formula is C24H24FN3O. The Morgan fingerprint density at radius 3 is 2.76 bits per heavy atom. The highest BCUT2D eigenvalue weighted by atomic mass is 19.1. The molecule has 1 N–H and O–H groups in total. The van der Waals surface area contributed by atoms with E-state index in [1.807, 2.05) is 36.5 Å². The Hall–Kier alpha value is -3.05. The normalized spacial score (nSPS) is 17.1. The molecule has 0 spiro atoms. The van der Waals surface area contributed by atoms with Crippen molar-refractivity contribution in [3.8, 4) is 11.1 Å². The van der Waals surface area contributed by atoms with Gasteiger partial charge in [-0.1, -0.05) is 30.3 Å². The molecule has 1 saturated heterocycles. The zero-order valence-electron chi connectivity index (χ0n) is 16.2. The minimum Gasteiger partial charge on any atom is -0.326 e. The molecule has 29 heavy (non-hydrogen) atoms. The lowest BCUT2D eigenvalue weighted by atomic mass is 9.96. The predicted octanol–water partition coefficient (Wildman–Crippen LogP) is 4.74. The topological polar surface area (TPSA) is 45.2 Å². The Morgan fingerprint density at radius 1 is 1.10 bits per heavy atom. The Kier molecular flexibility index (Phi) is 5.96. The minimum absolute atomic E-state index is 0.0325. The first-order valence-corrected chi connectivity index (χ1v) is 9.95. The van der Waals surface area contributed by atoms with Crippen LogP contribution in [0.4, 0.5) is 10.1 Å². The molecule has 0 bridgehead atoms. The molecule has 1 amide bonds.